The molecule has 3 rings (SSSR count). The van der Waals surface area contributed by atoms with Crippen LogP contribution in [0.4, 0.5) is 4.39 Å². The SMILES string of the molecule is Fc1ccc(-c2ccn3ncccc23)cc1. The summed E-state index contributed by atoms with van der Waals surface area (Å²) < 4.78 is 14.6. The fourth-order valence-electron chi connectivity index (χ4n) is 1.82. The molecule has 16 heavy (non-hydrogen) atoms. The van der Waals surface area contributed by atoms with E-state index in [-0.39, 0.29) is 5.82 Å². The molecule has 0 bridgehead atoms. The lowest BCUT2D eigenvalue weighted by atomic mass is 10.1. The number of nitrogens with zero attached hydrogens (tertiary/aromatic N) is 2. The van der Waals surface area contributed by atoms with Crippen LogP contribution in [0.2, 0.25) is 0 Å². The molecule has 0 aliphatic rings. The Morgan fingerprint density at radius 1 is 1.00 bits per heavy atom. The summed E-state index contributed by atoms with van der Waals surface area (Å²) in [4.78, 5) is 0. The van der Waals surface area contributed by atoms with Gasteiger partial charge in [-0.05, 0) is 35.9 Å². The van der Waals surface area contributed by atoms with Gasteiger partial charge in [-0.3, -0.25) is 0 Å². The zero-order valence-electron chi connectivity index (χ0n) is 8.47. The maximum absolute atomic E-state index is 12.8. The first-order valence-electron chi connectivity index (χ1n) is 5.03. The molecule has 3 heteroatoms. The van der Waals surface area contributed by atoms with Gasteiger partial charge in [0.05, 0.1) is 5.52 Å². The van der Waals surface area contributed by atoms with Crippen LogP contribution in [0.5, 0.6) is 0 Å². The second-order valence-corrected chi connectivity index (χ2v) is 3.59. The van der Waals surface area contributed by atoms with Crippen LogP contribution in [-0.2, 0) is 0 Å². The number of rotatable bonds is 1. The number of hydrogen-bond donors (Lipinski definition) is 0. The van der Waals surface area contributed by atoms with Gasteiger partial charge < -0.3 is 0 Å². The van der Waals surface area contributed by atoms with Crippen molar-refractivity contribution in [1.29, 1.82) is 0 Å². The van der Waals surface area contributed by atoms with Crippen molar-refractivity contribution < 1.29 is 4.39 Å². The molecule has 0 radical (unpaired) electrons. The number of benzene rings is 1. The molecule has 3 aromatic rings. The molecule has 0 saturated carbocycles. The van der Waals surface area contributed by atoms with Crippen LogP contribution >= 0.6 is 0 Å². The minimum Gasteiger partial charge on any atom is -0.240 e. The summed E-state index contributed by atoms with van der Waals surface area (Å²) in [5.41, 5.74) is 3.08. The Labute approximate surface area is 92.0 Å². The van der Waals surface area contributed by atoms with E-state index in [1.807, 2.05) is 24.4 Å². The average molecular weight is 212 g/mol. The predicted octanol–water partition coefficient (Wildman–Crippen LogP) is 3.14. The molecule has 0 spiro atoms. The van der Waals surface area contributed by atoms with Crippen molar-refractivity contribution in [3.05, 3.63) is 60.7 Å². The number of fused-ring (bicyclic) bond motifs is 1. The normalized spacial score (nSPS) is 10.8. The summed E-state index contributed by atoms with van der Waals surface area (Å²) in [6, 6.07) is 12.4. The van der Waals surface area contributed by atoms with Gasteiger partial charge in [-0.1, -0.05) is 12.1 Å². The fraction of sp³-hybridized carbons (Fsp3) is 0. The number of halogens is 1. The first-order valence-corrected chi connectivity index (χ1v) is 5.03. The van der Waals surface area contributed by atoms with Crippen molar-refractivity contribution in [2.45, 2.75) is 0 Å². The molecule has 0 atom stereocenters. The van der Waals surface area contributed by atoms with Crippen molar-refractivity contribution in [3.63, 3.8) is 0 Å². The Kier molecular flexibility index (Phi) is 1.96. The van der Waals surface area contributed by atoms with Gasteiger partial charge >= 0.3 is 0 Å². The molecule has 0 aliphatic carbocycles. The van der Waals surface area contributed by atoms with Crippen molar-refractivity contribution in [1.82, 2.24) is 9.61 Å². The molecule has 2 aromatic heterocycles. The lowest BCUT2D eigenvalue weighted by Crippen LogP contribution is -1.86. The summed E-state index contributed by atoms with van der Waals surface area (Å²) in [7, 11) is 0. The van der Waals surface area contributed by atoms with Crippen LogP contribution in [0.25, 0.3) is 16.6 Å². The number of hydrogen-bond acceptors (Lipinski definition) is 1. The molecule has 1 aromatic carbocycles. The van der Waals surface area contributed by atoms with E-state index in [0.717, 1.165) is 16.6 Å². The zero-order chi connectivity index (χ0) is 11.0. The molecule has 0 unspecified atom stereocenters. The van der Waals surface area contributed by atoms with E-state index < -0.39 is 0 Å². The Balaban J connectivity index is 2.22. The topological polar surface area (TPSA) is 17.3 Å². The Bertz CT molecular complexity index is 626. The lowest BCUT2D eigenvalue weighted by Gasteiger charge is -1.99. The Hall–Kier alpha value is -2.16. The molecular weight excluding hydrogens is 203 g/mol. The summed E-state index contributed by atoms with van der Waals surface area (Å²) >= 11 is 0. The van der Waals surface area contributed by atoms with Gasteiger partial charge in [0.15, 0.2) is 0 Å². The highest BCUT2D eigenvalue weighted by atomic mass is 19.1. The van der Waals surface area contributed by atoms with Gasteiger partial charge in [-0.2, -0.15) is 5.10 Å². The van der Waals surface area contributed by atoms with Crippen molar-refractivity contribution >= 4 is 5.52 Å². The Morgan fingerprint density at radius 3 is 2.62 bits per heavy atom. The van der Waals surface area contributed by atoms with E-state index in [2.05, 4.69) is 5.10 Å². The smallest absolute Gasteiger partial charge is 0.123 e. The molecule has 2 heterocycles. The molecule has 0 aliphatic heterocycles. The largest absolute Gasteiger partial charge is 0.240 e. The molecule has 2 nitrogen and oxygen atoms in total. The summed E-state index contributed by atoms with van der Waals surface area (Å²) in [5.74, 6) is -0.217. The second-order valence-electron chi connectivity index (χ2n) is 3.59. The molecular formula is C13H9FN2. The van der Waals surface area contributed by atoms with Crippen LogP contribution in [0.3, 0.4) is 0 Å². The third kappa shape index (κ3) is 1.37. The van der Waals surface area contributed by atoms with Crippen molar-refractivity contribution in [2.75, 3.05) is 0 Å². The first-order chi connectivity index (χ1) is 7.84. The minimum atomic E-state index is -0.217. The molecule has 78 valence electrons. The Morgan fingerprint density at radius 2 is 1.81 bits per heavy atom. The summed E-state index contributed by atoms with van der Waals surface area (Å²) in [6.07, 6.45) is 3.63. The van der Waals surface area contributed by atoms with Gasteiger partial charge in [0, 0.05) is 18.0 Å². The van der Waals surface area contributed by atoms with E-state index >= 15 is 0 Å². The highest BCUT2D eigenvalue weighted by molar-refractivity contribution is 5.80. The van der Waals surface area contributed by atoms with Gasteiger partial charge in [0.25, 0.3) is 0 Å². The van der Waals surface area contributed by atoms with Crippen LogP contribution in [0.1, 0.15) is 0 Å². The van der Waals surface area contributed by atoms with E-state index in [4.69, 9.17) is 0 Å². The van der Waals surface area contributed by atoms with Crippen molar-refractivity contribution in [3.8, 4) is 11.1 Å². The molecule has 0 saturated heterocycles. The van der Waals surface area contributed by atoms with Crippen LogP contribution in [0.15, 0.2) is 54.9 Å². The minimum absolute atomic E-state index is 0.217. The van der Waals surface area contributed by atoms with E-state index in [9.17, 15) is 4.39 Å². The summed E-state index contributed by atoms with van der Waals surface area (Å²) in [6.45, 7) is 0. The quantitative estimate of drug-likeness (QED) is 0.605. The average Bonchev–Trinajstić information content (AvgIpc) is 2.74. The van der Waals surface area contributed by atoms with E-state index in [1.165, 1.54) is 12.1 Å². The van der Waals surface area contributed by atoms with Crippen molar-refractivity contribution in [2.24, 2.45) is 0 Å². The molecule has 0 amide bonds. The third-order valence-corrected chi connectivity index (χ3v) is 2.59. The lowest BCUT2D eigenvalue weighted by molar-refractivity contribution is 0.628. The summed E-state index contributed by atoms with van der Waals surface area (Å²) in [5, 5.41) is 4.19. The van der Waals surface area contributed by atoms with Gasteiger partial charge in [0.1, 0.15) is 5.82 Å². The van der Waals surface area contributed by atoms with Gasteiger partial charge in [0.2, 0.25) is 0 Å². The maximum Gasteiger partial charge on any atom is 0.123 e. The van der Waals surface area contributed by atoms with Crippen LogP contribution in [0, 0.1) is 5.82 Å². The van der Waals surface area contributed by atoms with E-state index in [1.54, 1.807) is 22.8 Å². The second kappa shape index (κ2) is 3.45. The van der Waals surface area contributed by atoms with E-state index in [0.29, 0.717) is 0 Å². The van der Waals surface area contributed by atoms with Crippen LogP contribution in [-0.4, -0.2) is 9.61 Å². The predicted molar refractivity (Wildman–Crippen MR) is 60.6 cm³/mol. The van der Waals surface area contributed by atoms with Gasteiger partial charge in [-0.25, -0.2) is 8.91 Å². The fourth-order valence-corrected chi connectivity index (χ4v) is 1.82. The van der Waals surface area contributed by atoms with Gasteiger partial charge in [-0.15, -0.1) is 0 Å². The van der Waals surface area contributed by atoms with Crippen LogP contribution < -0.4 is 0 Å². The third-order valence-electron chi connectivity index (χ3n) is 2.59. The highest BCUT2D eigenvalue weighted by Crippen LogP contribution is 2.24. The zero-order valence-corrected chi connectivity index (χ0v) is 8.47. The monoisotopic (exact) mass is 212 g/mol. The standard InChI is InChI=1S/C13H9FN2/c14-11-5-3-10(4-6-11)12-7-9-16-13(12)2-1-8-15-16/h1-9H. The molecule has 0 N–H and O–H groups in total. The first kappa shape index (κ1) is 9.09. The maximum atomic E-state index is 12.8. The highest BCUT2D eigenvalue weighted by Gasteiger charge is 2.04. The number of aromatic nitrogens is 2. The molecule has 0 fully saturated rings.